The van der Waals surface area contributed by atoms with Crippen LogP contribution >= 0.6 is 0 Å². The largest absolute Gasteiger partial charge is 0.507 e. The fourth-order valence-corrected chi connectivity index (χ4v) is 2.39. The van der Waals surface area contributed by atoms with Crippen LogP contribution in [0.1, 0.15) is 17.5 Å². The number of phenolic OH excluding ortho intramolecular Hbond substituents is 1. The number of anilines is 1. The van der Waals surface area contributed by atoms with E-state index in [-0.39, 0.29) is 17.9 Å². The molecule has 0 radical (unpaired) electrons. The third kappa shape index (κ3) is 3.73. The molecule has 130 valence electrons. The Morgan fingerprint density at radius 1 is 1.20 bits per heavy atom. The Bertz CT molecular complexity index is 834. The van der Waals surface area contributed by atoms with Crippen molar-refractivity contribution in [2.45, 2.75) is 18.7 Å². The van der Waals surface area contributed by atoms with Gasteiger partial charge in [0.05, 0.1) is 11.3 Å². The van der Waals surface area contributed by atoms with Gasteiger partial charge < -0.3 is 15.3 Å². The Kier molecular flexibility index (Phi) is 4.35. The van der Waals surface area contributed by atoms with E-state index in [9.17, 15) is 23.1 Å². The van der Waals surface area contributed by atoms with Gasteiger partial charge in [-0.3, -0.25) is 4.79 Å². The molecule has 8 heteroatoms. The Labute approximate surface area is 140 Å². The average molecular weight is 350 g/mol. The molecule has 2 N–H and O–H groups in total. The van der Waals surface area contributed by atoms with E-state index in [1.54, 1.807) is 18.2 Å². The van der Waals surface area contributed by atoms with Crippen molar-refractivity contribution in [3.05, 3.63) is 59.7 Å². The smallest absolute Gasteiger partial charge is 0.416 e. The molecule has 1 aliphatic rings. The number of carbonyl (C=O) groups excluding carboxylic acids is 1. The SMILES string of the molecule is O=C(Nc1cccc(C(F)(F)F)c1)C1CC(c2ccccc2O)=NO1. The average Bonchev–Trinajstić information content (AvgIpc) is 3.04. The predicted molar refractivity (Wildman–Crippen MR) is 84.2 cm³/mol. The van der Waals surface area contributed by atoms with Gasteiger partial charge in [0.1, 0.15) is 5.75 Å². The van der Waals surface area contributed by atoms with Crippen molar-refractivity contribution < 1.29 is 27.9 Å². The normalized spacial score (nSPS) is 16.9. The number of oxime groups is 1. The minimum atomic E-state index is -4.49. The highest BCUT2D eigenvalue weighted by atomic mass is 19.4. The minimum absolute atomic E-state index is 0.00351. The summed E-state index contributed by atoms with van der Waals surface area (Å²) in [4.78, 5) is 17.2. The van der Waals surface area contributed by atoms with Gasteiger partial charge in [0.15, 0.2) is 0 Å². The van der Waals surface area contributed by atoms with Crippen molar-refractivity contribution in [2.75, 3.05) is 5.32 Å². The fourth-order valence-electron chi connectivity index (χ4n) is 2.39. The van der Waals surface area contributed by atoms with Gasteiger partial charge in [-0.1, -0.05) is 23.4 Å². The number of nitrogens with zero attached hydrogens (tertiary/aromatic N) is 1. The second-order valence-corrected chi connectivity index (χ2v) is 5.42. The topological polar surface area (TPSA) is 70.9 Å². The summed E-state index contributed by atoms with van der Waals surface area (Å²) in [5.41, 5.74) is -0.0117. The van der Waals surface area contributed by atoms with E-state index >= 15 is 0 Å². The Balaban J connectivity index is 1.67. The Hall–Kier alpha value is -3.03. The van der Waals surface area contributed by atoms with Crippen molar-refractivity contribution in [3.63, 3.8) is 0 Å². The molecule has 25 heavy (non-hydrogen) atoms. The first-order valence-electron chi connectivity index (χ1n) is 7.34. The molecule has 0 saturated carbocycles. The van der Waals surface area contributed by atoms with Crippen LogP contribution in [0.5, 0.6) is 5.75 Å². The molecule has 1 heterocycles. The molecule has 0 aromatic heterocycles. The summed E-state index contributed by atoms with van der Waals surface area (Å²) in [7, 11) is 0. The lowest BCUT2D eigenvalue weighted by Gasteiger charge is -2.12. The van der Waals surface area contributed by atoms with Gasteiger partial charge in [-0.2, -0.15) is 13.2 Å². The van der Waals surface area contributed by atoms with E-state index in [0.29, 0.717) is 11.3 Å². The van der Waals surface area contributed by atoms with Crippen LogP contribution in [0.15, 0.2) is 53.7 Å². The standard InChI is InChI=1S/C17H13F3N2O3/c18-17(19,20)10-4-3-5-11(8-10)21-16(24)15-9-13(22-25-15)12-6-1-2-7-14(12)23/h1-8,15,23H,9H2,(H,21,24). The van der Waals surface area contributed by atoms with Crippen molar-refractivity contribution in [1.82, 2.24) is 0 Å². The Morgan fingerprint density at radius 3 is 2.68 bits per heavy atom. The van der Waals surface area contributed by atoms with Crippen LogP contribution in [0.2, 0.25) is 0 Å². The van der Waals surface area contributed by atoms with E-state index < -0.39 is 23.8 Å². The zero-order valence-corrected chi connectivity index (χ0v) is 12.7. The lowest BCUT2D eigenvalue weighted by Crippen LogP contribution is -2.28. The van der Waals surface area contributed by atoms with Crippen molar-refractivity contribution in [2.24, 2.45) is 5.16 Å². The monoisotopic (exact) mass is 350 g/mol. The van der Waals surface area contributed by atoms with E-state index in [1.807, 2.05) is 0 Å². The summed E-state index contributed by atoms with van der Waals surface area (Å²) in [5.74, 6) is -0.614. The third-order valence-electron chi connectivity index (χ3n) is 3.63. The van der Waals surface area contributed by atoms with Crippen LogP contribution in [0.4, 0.5) is 18.9 Å². The van der Waals surface area contributed by atoms with E-state index in [2.05, 4.69) is 10.5 Å². The summed E-state index contributed by atoms with van der Waals surface area (Å²) in [6.45, 7) is 0. The van der Waals surface area contributed by atoms with E-state index in [0.717, 1.165) is 12.1 Å². The summed E-state index contributed by atoms with van der Waals surface area (Å²) >= 11 is 0. The molecule has 1 unspecified atom stereocenters. The van der Waals surface area contributed by atoms with Crippen LogP contribution < -0.4 is 5.32 Å². The highest BCUT2D eigenvalue weighted by molar-refractivity contribution is 6.07. The van der Waals surface area contributed by atoms with Gasteiger partial charge in [0, 0.05) is 17.7 Å². The molecule has 1 amide bonds. The molecule has 0 spiro atoms. The lowest BCUT2D eigenvalue weighted by atomic mass is 10.0. The number of hydrogen-bond acceptors (Lipinski definition) is 4. The van der Waals surface area contributed by atoms with E-state index in [4.69, 9.17) is 4.84 Å². The molecule has 0 bridgehead atoms. The van der Waals surface area contributed by atoms with Gasteiger partial charge in [0.25, 0.3) is 5.91 Å². The van der Waals surface area contributed by atoms with Crippen molar-refractivity contribution in [3.8, 4) is 5.75 Å². The molecule has 5 nitrogen and oxygen atoms in total. The number of amides is 1. The molecular weight excluding hydrogens is 337 g/mol. The number of halogens is 3. The van der Waals surface area contributed by atoms with Crippen LogP contribution in [-0.2, 0) is 15.8 Å². The molecule has 2 aromatic rings. The maximum atomic E-state index is 12.7. The zero-order valence-electron chi connectivity index (χ0n) is 12.7. The van der Waals surface area contributed by atoms with Gasteiger partial charge >= 0.3 is 6.18 Å². The first-order chi connectivity index (χ1) is 11.8. The summed E-state index contributed by atoms with van der Waals surface area (Å²) in [5, 5.41) is 16.0. The number of aromatic hydroxyl groups is 1. The number of alkyl halides is 3. The van der Waals surface area contributed by atoms with Crippen LogP contribution in [0.3, 0.4) is 0 Å². The second-order valence-electron chi connectivity index (χ2n) is 5.42. The van der Waals surface area contributed by atoms with Crippen LogP contribution in [-0.4, -0.2) is 22.8 Å². The molecule has 0 fully saturated rings. The van der Waals surface area contributed by atoms with Crippen LogP contribution in [0, 0.1) is 0 Å². The second kappa shape index (κ2) is 6.46. The third-order valence-corrected chi connectivity index (χ3v) is 3.63. The van der Waals surface area contributed by atoms with Gasteiger partial charge in [-0.25, -0.2) is 0 Å². The molecule has 1 aliphatic heterocycles. The van der Waals surface area contributed by atoms with E-state index in [1.165, 1.54) is 18.2 Å². The molecule has 3 rings (SSSR count). The quantitative estimate of drug-likeness (QED) is 0.889. The highest BCUT2D eigenvalue weighted by Gasteiger charge is 2.32. The maximum absolute atomic E-state index is 12.7. The summed E-state index contributed by atoms with van der Waals surface area (Å²) in [6.07, 6.45) is -5.38. The molecule has 1 atom stereocenters. The molecule has 0 aliphatic carbocycles. The number of hydrogen-bond donors (Lipinski definition) is 2. The van der Waals surface area contributed by atoms with Crippen LogP contribution in [0.25, 0.3) is 0 Å². The van der Waals surface area contributed by atoms with Crippen molar-refractivity contribution >= 4 is 17.3 Å². The number of nitrogens with one attached hydrogen (secondary N) is 1. The summed E-state index contributed by atoms with van der Waals surface area (Å²) < 4.78 is 38.1. The minimum Gasteiger partial charge on any atom is -0.507 e. The zero-order chi connectivity index (χ0) is 18.0. The van der Waals surface area contributed by atoms with Gasteiger partial charge in [-0.05, 0) is 30.3 Å². The molecule has 2 aromatic carbocycles. The lowest BCUT2D eigenvalue weighted by molar-refractivity contribution is -0.137. The Morgan fingerprint density at radius 2 is 1.96 bits per heavy atom. The summed E-state index contributed by atoms with van der Waals surface area (Å²) in [6, 6.07) is 10.8. The highest BCUT2D eigenvalue weighted by Crippen LogP contribution is 2.31. The first kappa shape index (κ1) is 16.8. The van der Waals surface area contributed by atoms with Gasteiger partial charge in [-0.15, -0.1) is 0 Å². The number of carbonyl (C=O) groups is 1. The number of para-hydroxylation sites is 1. The predicted octanol–water partition coefficient (Wildman–Crippen LogP) is 3.54. The maximum Gasteiger partial charge on any atom is 0.416 e. The molecule has 0 saturated heterocycles. The number of benzene rings is 2. The number of rotatable bonds is 3. The fraction of sp³-hybridized carbons (Fsp3) is 0.176. The molecular formula is C17H13F3N2O3. The van der Waals surface area contributed by atoms with Gasteiger partial charge in [0.2, 0.25) is 6.10 Å². The van der Waals surface area contributed by atoms with Crippen molar-refractivity contribution in [1.29, 1.82) is 0 Å². The number of phenols is 1. The first-order valence-corrected chi connectivity index (χ1v) is 7.34.